The fraction of sp³-hybridized carbons (Fsp3) is 0.500. The van der Waals surface area contributed by atoms with Gasteiger partial charge in [0.25, 0.3) is 0 Å². The van der Waals surface area contributed by atoms with Crippen molar-refractivity contribution in [3.05, 3.63) is 35.6 Å². The molecule has 1 atom stereocenters. The maximum atomic E-state index is 12.8. The van der Waals surface area contributed by atoms with Gasteiger partial charge in [-0.2, -0.15) is 0 Å². The molecule has 1 amide bonds. The van der Waals surface area contributed by atoms with Crippen molar-refractivity contribution >= 4 is 5.91 Å². The average Bonchev–Trinajstić information content (AvgIpc) is 3.11. The second-order valence-electron chi connectivity index (χ2n) is 4.85. The third kappa shape index (κ3) is 3.05. The Balaban J connectivity index is 2.06. The molecular formula is C14H18FNO. The first-order valence-corrected chi connectivity index (χ1v) is 6.09. The van der Waals surface area contributed by atoms with E-state index in [1.807, 2.05) is 4.90 Å². The van der Waals surface area contributed by atoms with Crippen molar-refractivity contribution in [1.29, 1.82) is 0 Å². The normalized spacial score (nSPS) is 16.6. The quantitative estimate of drug-likeness (QED) is 0.785. The second-order valence-corrected chi connectivity index (χ2v) is 4.85. The Morgan fingerprint density at radius 2 is 2.00 bits per heavy atom. The van der Waals surface area contributed by atoms with Crippen LogP contribution in [0.4, 0.5) is 4.39 Å². The van der Waals surface area contributed by atoms with Gasteiger partial charge in [0.1, 0.15) is 5.82 Å². The predicted molar refractivity (Wildman–Crippen MR) is 64.8 cm³/mol. The molecule has 1 aliphatic carbocycles. The summed E-state index contributed by atoms with van der Waals surface area (Å²) in [6.45, 7) is 4.28. The summed E-state index contributed by atoms with van der Waals surface area (Å²) < 4.78 is 12.8. The molecule has 0 aromatic heterocycles. The summed E-state index contributed by atoms with van der Waals surface area (Å²) in [5.74, 6) is 0.506. The number of amides is 1. The fourth-order valence-corrected chi connectivity index (χ4v) is 2.16. The molecule has 1 aromatic rings. The molecule has 1 saturated carbocycles. The van der Waals surface area contributed by atoms with Crippen molar-refractivity contribution in [2.45, 2.75) is 39.3 Å². The van der Waals surface area contributed by atoms with E-state index in [0.717, 1.165) is 5.56 Å². The average molecular weight is 235 g/mol. The van der Waals surface area contributed by atoms with Crippen LogP contribution in [0.25, 0.3) is 0 Å². The summed E-state index contributed by atoms with van der Waals surface area (Å²) in [7, 11) is 0. The minimum Gasteiger partial charge on any atom is -0.336 e. The largest absolute Gasteiger partial charge is 0.336 e. The molecule has 0 N–H and O–H groups in total. The zero-order valence-corrected chi connectivity index (χ0v) is 10.3. The second kappa shape index (κ2) is 4.86. The van der Waals surface area contributed by atoms with E-state index >= 15 is 0 Å². The Labute approximate surface area is 101 Å². The van der Waals surface area contributed by atoms with E-state index in [-0.39, 0.29) is 17.8 Å². The van der Waals surface area contributed by atoms with E-state index < -0.39 is 0 Å². The zero-order chi connectivity index (χ0) is 12.4. The Kier molecular flexibility index (Phi) is 3.46. The lowest BCUT2D eigenvalue weighted by Gasteiger charge is -2.28. The van der Waals surface area contributed by atoms with Crippen molar-refractivity contribution in [3.8, 4) is 0 Å². The van der Waals surface area contributed by atoms with Crippen molar-refractivity contribution in [3.63, 3.8) is 0 Å². The van der Waals surface area contributed by atoms with Crippen LogP contribution in [0.15, 0.2) is 24.3 Å². The van der Waals surface area contributed by atoms with Gasteiger partial charge in [0.05, 0.1) is 0 Å². The number of carbonyl (C=O) groups excluding carboxylic acids is 1. The lowest BCUT2D eigenvalue weighted by Crippen LogP contribution is -2.37. The molecule has 0 radical (unpaired) electrons. The van der Waals surface area contributed by atoms with Crippen LogP contribution in [0, 0.1) is 11.7 Å². The van der Waals surface area contributed by atoms with Gasteiger partial charge in [-0.15, -0.1) is 0 Å². The first-order valence-electron chi connectivity index (χ1n) is 6.09. The van der Waals surface area contributed by atoms with Crippen LogP contribution in [0.5, 0.6) is 0 Å². The molecule has 0 spiro atoms. The minimum atomic E-state index is -0.238. The smallest absolute Gasteiger partial charge is 0.219 e. The summed E-state index contributed by atoms with van der Waals surface area (Å²) >= 11 is 0. The fourth-order valence-electron chi connectivity index (χ4n) is 2.16. The first kappa shape index (κ1) is 12.1. The zero-order valence-electron chi connectivity index (χ0n) is 10.3. The lowest BCUT2D eigenvalue weighted by atomic mass is 10.1. The highest BCUT2D eigenvalue weighted by Gasteiger charge is 2.33. The summed E-state index contributed by atoms with van der Waals surface area (Å²) in [4.78, 5) is 13.5. The van der Waals surface area contributed by atoms with Crippen LogP contribution in [0.1, 0.15) is 32.3 Å². The summed E-state index contributed by atoms with van der Waals surface area (Å²) in [6, 6.07) is 6.65. The van der Waals surface area contributed by atoms with Crippen molar-refractivity contribution < 1.29 is 9.18 Å². The molecule has 2 rings (SSSR count). The molecule has 1 aliphatic rings. The SMILES string of the molecule is CC(=O)N(Cc1ccc(F)cc1)C(C)C1CC1. The van der Waals surface area contributed by atoms with E-state index in [9.17, 15) is 9.18 Å². The molecule has 0 saturated heterocycles. The molecule has 0 aliphatic heterocycles. The highest BCUT2D eigenvalue weighted by Crippen LogP contribution is 2.35. The molecular weight excluding hydrogens is 217 g/mol. The van der Waals surface area contributed by atoms with Crippen LogP contribution < -0.4 is 0 Å². The molecule has 3 heteroatoms. The van der Waals surface area contributed by atoms with E-state index in [4.69, 9.17) is 0 Å². The van der Waals surface area contributed by atoms with Gasteiger partial charge in [-0.05, 0) is 43.4 Å². The number of nitrogens with zero attached hydrogens (tertiary/aromatic N) is 1. The third-order valence-electron chi connectivity index (χ3n) is 3.47. The van der Waals surface area contributed by atoms with Crippen LogP contribution in [0.3, 0.4) is 0 Å². The van der Waals surface area contributed by atoms with E-state index in [0.29, 0.717) is 12.5 Å². The van der Waals surface area contributed by atoms with Gasteiger partial charge in [0, 0.05) is 19.5 Å². The highest BCUT2D eigenvalue weighted by atomic mass is 19.1. The van der Waals surface area contributed by atoms with Crippen LogP contribution in [-0.2, 0) is 11.3 Å². The van der Waals surface area contributed by atoms with Crippen molar-refractivity contribution in [2.75, 3.05) is 0 Å². The van der Waals surface area contributed by atoms with E-state index in [1.54, 1.807) is 19.1 Å². The number of hydrogen-bond acceptors (Lipinski definition) is 1. The predicted octanol–water partition coefficient (Wildman–Crippen LogP) is 2.97. The van der Waals surface area contributed by atoms with Gasteiger partial charge in [0.2, 0.25) is 5.91 Å². The maximum absolute atomic E-state index is 12.8. The van der Waals surface area contributed by atoms with Gasteiger partial charge < -0.3 is 4.90 Å². The number of benzene rings is 1. The number of carbonyl (C=O) groups is 1. The minimum absolute atomic E-state index is 0.0914. The lowest BCUT2D eigenvalue weighted by molar-refractivity contribution is -0.131. The highest BCUT2D eigenvalue weighted by molar-refractivity contribution is 5.73. The Hall–Kier alpha value is -1.38. The van der Waals surface area contributed by atoms with Crippen LogP contribution in [0.2, 0.25) is 0 Å². The molecule has 1 aromatic carbocycles. The molecule has 17 heavy (non-hydrogen) atoms. The van der Waals surface area contributed by atoms with E-state index in [1.165, 1.54) is 25.0 Å². The topological polar surface area (TPSA) is 20.3 Å². The molecule has 92 valence electrons. The maximum Gasteiger partial charge on any atom is 0.219 e. The Bertz CT molecular complexity index is 397. The molecule has 1 unspecified atom stereocenters. The molecule has 0 bridgehead atoms. The van der Waals surface area contributed by atoms with Crippen LogP contribution in [-0.4, -0.2) is 16.8 Å². The van der Waals surface area contributed by atoms with Crippen LogP contribution >= 0.6 is 0 Å². The van der Waals surface area contributed by atoms with Gasteiger partial charge >= 0.3 is 0 Å². The van der Waals surface area contributed by atoms with Gasteiger partial charge in [-0.25, -0.2) is 4.39 Å². The van der Waals surface area contributed by atoms with Crippen molar-refractivity contribution in [1.82, 2.24) is 4.90 Å². The summed E-state index contributed by atoms with van der Waals surface area (Å²) in [6.07, 6.45) is 2.43. The van der Waals surface area contributed by atoms with Gasteiger partial charge in [0.15, 0.2) is 0 Å². The first-order chi connectivity index (χ1) is 8.08. The van der Waals surface area contributed by atoms with Crippen molar-refractivity contribution in [2.24, 2.45) is 5.92 Å². The van der Waals surface area contributed by atoms with E-state index in [2.05, 4.69) is 6.92 Å². The summed E-state index contributed by atoms with van der Waals surface area (Å²) in [5.41, 5.74) is 0.981. The van der Waals surface area contributed by atoms with Gasteiger partial charge in [-0.1, -0.05) is 12.1 Å². The Morgan fingerprint density at radius 1 is 1.41 bits per heavy atom. The van der Waals surface area contributed by atoms with Gasteiger partial charge in [-0.3, -0.25) is 4.79 Å². The number of halogens is 1. The molecule has 1 fully saturated rings. The Morgan fingerprint density at radius 3 is 2.47 bits per heavy atom. The number of rotatable bonds is 4. The third-order valence-corrected chi connectivity index (χ3v) is 3.47. The standard InChI is InChI=1S/C14H18FNO/c1-10(13-5-6-13)16(11(2)17)9-12-3-7-14(15)8-4-12/h3-4,7-8,10,13H,5-6,9H2,1-2H3. The molecule has 2 nitrogen and oxygen atoms in total. The summed E-state index contributed by atoms with van der Waals surface area (Å²) in [5, 5.41) is 0. The monoisotopic (exact) mass is 235 g/mol. The number of hydrogen-bond donors (Lipinski definition) is 0. The molecule has 0 heterocycles.